The fourth-order valence-corrected chi connectivity index (χ4v) is 1.91. The van der Waals surface area contributed by atoms with E-state index in [9.17, 15) is 4.79 Å². The maximum atomic E-state index is 10.9. The number of anilines is 1. The van der Waals surface area contributed by atoms with Crippen molar-refractivity contribution in [2.75, 3.05) is 12.4 Å². The maximum absolute atomic E-state index is 10.9. The van der Waals surface area contributed by atoms with E-state index in [1.54, 1.807) is 23.7 Å². The summed E-state index contributed by atoms with van der Waals surface area (Å²) in [7, 11) is 1.77. The fourth-order valence-electron chi connectivity index (χ4n) is 1.91. The van der Waals surface area contributed by atoms with Crippen molar-refractivity contribution in [1.29, 1.82) is 0 Å². The molecule has 0 aromatic carbocycles. The van der Waals surface area contributed by atoms with Gasteiger partial charge in [0.2, 0.25) is 5.82 Å². The lowest BCUT2D eigenvalue weighted by molar-refractivity contribution is 0.112. The third kappa shape index (κ3) is 1.87. The zero-order valence-corrected chi connectivity index (χ0v) is 10.5. The molecule has 0 unspecified atom stereocenters. The highest BCUT2D eigenvalue weighted by Gasteiger charge is 2.12. The van der Waals surface area contributed by atoms with Gasteiger partial charge in [-0.1, -0.05) is 0 Å². The molecule has 6 heteroatoms. The number of pyridine rings is 1. The number of fused-ring (bicyclic) bond motifs is 1. The van der Waals surface area contributed by atoms with Crippen molar-refractivity contribution in [3.05, 3.63) is 35.6 Å². The Bertz CT molecular complexity index is 757. The van der Waals surface area contributed by atoms with Gasteiger partial charge in [-0.15, -0.1) is 5.10 Å². The van der Waals surface area contributed by atoms with Crippen LogP contribution in [0.3, 0.4) is 0 Å². The molecular formula is C13H12N4O2. The SMILES string of the molecule is CNc1cc(C=O)cc2nc(-c3ccc(C)o3)nn12. The number of nitrogens with zero attached hydrogens (tertiary/aromatic N) is 3. The van der Waals surface area contributed by atoms with Crippen molar-refractivity contribution >= 4 is 17.8 Å². The van der Waals surface area contributed by atoms with Gasteiger partial charge in [0, 0.05) is 12.6 Å². The Morgan fingerprint density at radius 1 is 1.37 bits per heavy atom. The summed E-state index contributed by atoms with van der Waals surface area (Å²) in [6.07, 6.45) is 0.784. The third-order valence-corrected chi connectivity index (χ3v) is 2.81. The molecule has 0 amide bonds. The summed E-state index contributed by atoms with van der Waals surface area (Å²) in [5.41, 5.74) is 1.14. The lowest BCUT2D eigenvalue weighted by Crippen LogP contribution is -2.00. The van der Waals surface area contributed by atoms with E-state index in [0.29, 0.717) is 28.6 Å². The van der Waals surface area contributed by atoms with Crippen molar-refractivity contribution in [3.8, 4) is 11.6 Å². The average molecular weight is 256 g/mol. The summed E-state index contributed by atoms with van der Waals surface area (Å²) in [5.74, 6) is 2.60. The number of nitrogens with one attached hydrogen (secondary N) is 1. The molecule has 19 heavy (non-hydrogen) atoms. The first-order valence-electron chi connectivity index (χ1n) is 5.82. The molecule has 96 valence electrons. The van der Waals surface area contributed by atoms with Crippen LogP contribution in [0.2, 0.25) is 0 Å². The van der Waals surface area contributed by atoms with E-state index in [1.807, 2.05) is 19.1 Å². The number of carbonyl (C=O) groups excluding carboxylic acids is 1. The van der Waals surface area contributed by atoms with Gasteiger partial charge < -0.3 is 9.73 Å². The van der Waals surface area contributed by atoms with Crippen LogP contribution in [0.25, 0.3) is 17.2 Å². The van der Waals surface area contributed by atoms with Gasteiger partial charge in [0.25, 0.3) is 0 Å². The molecule has 0 aliphatic carbocycles. The van der Waals surface area contributed by atoms with Gasteiger partial charge in [0.15, 0.2) is 11.4 Å². The third-order valence-electron chi connectivity index (χ3n) is 2.81. The minimum atomic E-state index is 0.493. The summed E-state index contributed by atoms with van der Waals surface area (Å²) in [4.78, 5) is 15.3. The van der Waals surface area contributed by atoms with Crippen LogP contribution in [0.1, 0.15) is 16.1 Å². The second kappa shape index (κ2) is 4.24. The number of aryl methyl sites for hydroxylation is 1. The van der Waals surface area contributed by atoms with Crippen molar-refractivity contribution in [3.63, 3.8) is 0 Å². The number of hydrogen-bond donors (Lipinski definition) is 1. The van der Waals surface area contributed by atoms with Crippen LogP contribution in [0, 0.1) is 6.92 Å². The zero-order valence-electron chi connectivity index (χ0n) is 10.5. The first kappa shape index (κ1) is 11.5. The van der Waals surface area contributed by atoms with Crippen molar-refractivity contribution in [2.45, 2.75) is 6.92 Å². The Labute approximate surface area is 109 Å². The van der Waals surface area contributed by atoms with Gasteiger partial charge in [-0.3, -0.25) is 4.79 Å². The molecule has 0 spiro atoms. The number of hydrogen-bond acceptors (Lipinski definition) is 5. The molecule has 1 N–H and O–H groups in total. The number of aldehydes is 1. The van der Waals surface area contributed by atoms with Gasteiger partial charge >= 0.3 is 0 Å². The maximum Gasteiger partial charge on any atom is 0.217 e. The van der Waals surface area contributed by atoms with E-state index in [0.717, 1.165) is 12.0 Å². The standard InChI is InChI=1S/C13H12N4O2/c1-8-3-4-10(19-8)13-15-12-6-9(7-18)5-11(14-2)17(12)16-13/h3-7,14H,1-2H3. The van der Waals surface area contributed by atoms with Gasteiger partial charge in [-0.05, 0) is 31.2 Å². The minimum absolute atomic E-state index is 0.493. The normalized spacial score (nSPS) is 10.8. The molecule has 0 saturated carbocycles. The van der Waals surface area contributed by atoms with Crippen LogP contribution in [0.5, 0.6) is 0 Å². The van der Waals surface area contributed by atoms with Crippen LogP contribution in [0.4, 0.5) is 5.82 Å². The first-order chi connectivity index (χ1) is 9.21. The minimum Gasteiger partial charge on any atom is -0.458 e. The summed E-state index contributed by atoms with van der Waals surface area (Å²) in [5, 5.41) is 7.36. The Morgan fingerprint density at radius 3 is 2.84 bits per heavy atom. The predicted molar refractivity (Wildman–Crippen MR) is 70.4 cm³/mol. The van der Waals surface area contributed by atoms with Crippen LogP contribution in [0.15, 0.2) is 28.7 Å². The van der Waals surface area contributed by atoms with Crippen molar-refractivity contribution < 1.29 is 9.21 Å². The smallest absolute Gasteiger partial charge is 0.217 e. The topological polar surface area (TPSA) is 72.4 Å². The number of aromatic nitrogens is 3. The van der Waals surface area contributed by atoms with Crippen molar-refractivity contribution in [1.82, 2.24) is 14.6 Å². The van der Waals surface area contributed by atoms with E-state index < -0.39 is 0 Å². The molecule has 3 aromatic rings. The highest BCUT2D eigenvalue weighted by molar-refractivity contribution is 5.79. The van der Waals surface area contributed by atoms with Crippen LogP contribution in [-0.2, 0) is 0 Å². The number of furan rings is 1. The molecule has 6 nitrogen and oxygen atoms in total. The van der Waals surface area contributed by atoms with Gasteiger partial charge in [0.05, 0.1) is 0 Å². The quantitative estimate of drug-likeness (QED) is 0.727. The molecule has 3 rings (SSSR count). The van der Waals surface area contributed by atoms with Crippen LogP contribution >= 0.6 is 0 Å². The van der Waals surface area contributed by atoms with E-state index in [2.05, 4.69) is 15.4 Å². The highest BCUT2D eigenvalue weighted by atomic mass is 16.3. The van der Waals surface area contributed by atoms with Gasteiger partial charge in [0.1, 0.15) is 17.9 Å². The second-order valence-electron chi connectivity index (χ2n) is 4.16. The fraction of sp³-hybridized carbons (Fsp3) is 0.154. The Hall–Kier alpha value is -2.63. The Morgan fingerprint density at radius 2 is 2.21 bits per heavy atom. The second-order valence-corrected chi connectivity index (χ2v) is 4.16. The molecule has 0 bridgehead atoms. The molecule has 0 atom stereocenters. The molecule has 3 heterocycles. The predicted octanol–water partition coefficient (Wildman–Crippen LogP) is 2.15. The molecule has 3 aromatic heterocycles. The molecular weight excluding hydrogens is 244 g/mol. The van der Waals surface area contributed by atoms with E-state index in [4.69, 9.17) is 4.42 Å². The summed E-state index contributed by atoms with van der Waals surface area (Å²) in [6, 6.07) is 7.08. The van der Waals surface area contributed by atoms with E-state index in [-0.39, 0.29) is 0 Å². The highest BCUT2D eigenvalue weighted by Crippen LogP contribution is 2.21. The van der Waals surface area contributed by atoms with E-state index in [1.165, 1.54) is 0 Å². The molecule has 0 fully saturated rings. The summed E-state index contributed by atoms with van der Waals surface area (Å²) >= 11 is 0. The van der Waals surface area contributed by atoms with E-state index >= 15 is 0 Å². The first-order valence-corrected chi connectivity index (χ1v) is 5.82. The largest absolute Gasteiger partial charge is 0.458 e. The number of carbonyl (C=O) groups is 1. The van der Waals surface area contributed by atoms with Gasteiger partial charge in [-0.2, -0.15) is 4.52 Å². The molecule has 0 aliphatic heterocycles. The van der Waals surface area contributed by atoms with Crippen LogP contribution < -0.4 is 5.32 Å². The average Bonchev–Trinajstić information content (AvgIpc) is 3.02. The van der Waals surface area contributed by atoms with Gasteiger partial charge in [-0.25, -0.2) is 4.98 Å². The Kier molecular flexibility index (Phi) is 2.56. The zero-order chi connectivity index (χ0) is 13.4. The molecule has 0 radical (unpaired) electrons. The molecule has 0 aliphatic rings. The summed E-state index contributed by atoms with van der Waals surface area (Å²) in [6.45, 7) is 1.86. The molecule has 0 saturated heterocycles. The lowest BCUT2D eigenvalue weighted by Gasteiger charge is -2.02. The summed E-state index contributed by atoms with van der Waals surface area (Å²) < 4.78 is 7.14. The lowest BCUT2D eigenvalue weighted by atomic mass is 10.3. The Balaban J connectivity index is 2.22. The van der Waals surface area contributed by atoms with Crippen LogP contribution in [-0.4, -0.2) is 27.9 Å². The number of rotatable bonds is 3. The van der Waals surface area contributed by atoms with Crippen molar-refractivity contribution in [2.24, 2.45) is 0 Å². The monoisotopic (exact) mass is 256 g/mol.